The van der Waals surface area contributed by atoms with Gasteiger partial charge in [-0.1, -0.05) is 0 Å². The van der Waals surface area contributed by atoms with Crippen LogP contribution in [0.4, 0.5) is 18.9 Å². The molecule has 0 bridgehead atoms. The number of nitrogens with zero attached hydrogens (tertiary/aromatic N) is 4. The van der Waals surface area contributed by atoms with E-state index < -0.39 is 34.0 Å². The third-order valence-corrected chi connectivity index (χ3v) is 2.40. The molecule has 0 aromatic carbocycles. The highest BCUT2D eigenvalue weighted by atomic mass is 19.4. The van der Waals surface area contributed by atoms with Crippen molar-refractivity contribution < 1.29 is 28.0 Å². The van der Waals surface area contributed by atoms with Crippen LogP contribution in [0.15, 0.2) is 24.5 Å². The molecule has 8 nitrogen and oxygen atoms in total. The molecular formula is C10H5F3N4O4. The maximum atomic E-state index is 12.4. The van der Waals surface area contributed by atoms with Gasteiger partial charge in [-0.3, -0.25) is 10.1 Å². The minimum atomic E-state index is -4.58. The number of aromatic nitrogens is 3. The molecule has 2 aromatic rings. The second-order valence-corrected chi connectivity index (χ2v) is 3.77. The van der Waals surface area contributed by atoms with Gasteiger partial charge in [0.05, 0.1) is 10.5 Å². The molecule has 0 fully saturated rings. The van der Waals surface area contributed by atoms with Crippen LogP contribution in [0.1, 0.15) is 16.1 Å². The van der Waals surface area contributed by atoms with E-state index in [1.807, 2.05) is 0 Å². The van der Waals surface area contributed by atoms with E-state index >= 15 is 0 Å². The van der Waals surface area contributed by atoms with Crippen LogP contribution in [0.25, 0.3) is 5.82 Å². The topological polar surface area (TPSA) is 111 Å². The average Bonchev–Trinajstić information content (AvgIpc) is 2.83. The number of pyridine rings is 1. The normalized spacial score (nSPS) is 11.4. The van der Waals surface area contributed by atoms with E-state index in [0.29, 0.717) is 12.3 Å². The van der Waals surface area contributed by atoms with Gasteiger partial charge < -0.3 is 5.11 Å². The lowest BCUT2D eigenvalue weighted by Gasteiger charge is -2.06. The Morgan fingerprint density at radius 2 is 2.05 bits per heavy atom. The van der Waals surface area contributed by atoms with Gasteiger partial charge in [0.25, 0.3) is 0 Å². The van der Waals surface area contributed by atoms with Crippen molar-refractivity contribution >= 4 is 11.7 Å². The van der Waals surface area contributed by atoms with Crippen LogP contribution >= 0.6 is 0 Å². The second-order valence-electron chi connectivity index (χ2n) is 3.77. The molecule has 21 heavy (non-hydrogen) atoms. The number of hydrogen-bond acceptors (Lipinski definition) is 5. The van der Waals surface area contributed by atoms with E-state index in [1.54, 1.807) is 0 Å². The smallest absolute Gasteiger partial charge is 0.417 e. The van der Waals surface area contributed by atoms with Crippen molar-refractivity contribution in [3.8, 4) is 5.82 Å². The van der Waals surface area contributed by atoms with Crippen LogP contribution < -0.4 is 0 Å². The monoisotopic (exact) mass is 302 g/mol. The molecule has 0 unspecified atom stereocenters. The zero-order chi connectivity index (χ0) is 15.8. The standard InChI is InChI=1S/C10H5F3N4O4/c11-10(12,13)5-1-2-7(14-3-5)16-4-6(17(20)21)8(15-16)9(18)19/h1-4H,(H,18,19). The van der Waals surface area contributed by atoms with E-state index in [-0.39, 0.29) is 5.82 Å². The Hall–Kier alpha value is -2.98. The first-order chi connectivity index (χ1) is 9.70. The number of aromatic carboxylic acids is 1. The van der Waals surface area contributed by atoms with Gasteiger partial charge in [-0.05, 0) is 12.1 Å². The lowest BCUT2D eigenvalue weighted by molar-refractivity contribution is -0.385. The summed E-state index contributed by atoms with van der Waals surface area (Å²) in [5.74, 6) is -1.81. The quantitative estimate of drug-likeness (QED) is 0.684. The van der Waals surface area contributed by atoms with Crippen LogP contribution in [0.2, 0.25) is 0 Å². The highest BCUT2D eigenvalue weighted by molar-refractivity contribution is 5.89. The van der Waals surface area contributed by atoms with E-state index in [1.165, 1.54) is 0 Å². The minimum Gasteiger partial charge on any atom is -0.476 e. The van der Waals surface area contributed by atoms with Crippen molar-refractivity contribution in [3.05, 3.63) is 45.9 Å². The van der Waals surface area contributed by atoms with Crippen LogP contribution in [-0.4, -0.2) is 30.8 Å². The summed E-state index contributed by atoms with van der Waals surface area (Å²) >= 11 is 0. The van der Waals surface area contributed by atoms with E-state index in [4.69, 9.17) is 5.11 Å². The second kappa shape index (κ2) is 4.85. The lowest BCUT2D eigenvalue weighted by atomic mass is 10.3. The summed E-state index contributed by atoms with van der Waals surface area (Å²) in [4.78, 5) is 24.0. The average molecular weight is 302 g/mol. The Labute approximate surface area is 113 Å². The summed E-state index contributed by atoms with van der Waals surface area (Å²) < 4.78 is 37.8. The Kier molecular flexibility index (Phi) is 3.33. The summed E-state index contributed by atoms with van der Waals surface area (Å²) in [6.07, 6.45) is -3.30. The zero-order valence-corrected chi connectivity index (χ0v) is 9.90. The number of carboxylic acids is 1. The number of alkyl halides is 3. The van der Waals surface area contributed by atoms with Gasteiger partial charge in [0.15, 0.2) is 5.82 Å². The van der Waals surface area contributed by atoms with Gasteiger partial charge in [0.1, 0.15) is 6.20 Å². The van der Waals surface area contributed by atoms with Crippen molar-refractivity contribution in [2.24, 2.45) is 0 Å². The third kappa shape index (κ3) is 2.80. The number of rotatable bonds is 3. The Morgan fingerprint density at radius 3 is 2.43 bits per heavy atom. The summed E-state index contributed by atoms with van der Waals surface area (Å²) in [5, 5.41) is 22.9. The van der Waals surface area contributed by atoms with E-state index in [0.717, 1.165) is 16.9 Å². The number of hydrogen-bond donors (Lipinski definition) is 1. The van der Waals surface area contributed by atoms with E-state index in [2.05, 4.69) is 10.1 Å². The molecule has 0 atom stereocenters. The fourth-order valence-electron chi connectivity index (χ4n) is 1.46. The molecule has 2 rings (SSSR count). The fourth-order valence-corrected chi connectivity index (χ4v) is 1.46. The van der Waals surface area contributed by atoms with Gasteiger partial charge in [-0.25, -0.2) is 14.5 Å². The molecule has 0 radical (unpaired) electrons. The van der Waals surface area contributed by atoms with Gasteiger partial charge in [-0.15, -0.1) is 0 Å². The first kappa shape index (κ1) is 14.4. The maximum Gasteiger partial charge on any atom is 0.417 e. The highest BCUT2D eigenvalue weighted by Gasteiger charge is 2.31. The van der Waals surface area contributed by atoms with Gasteiger partial charge in [-0.2, -0.15) is 18.3 Å². The molecule has 0 aliphatic carbocycles. The number of carbonyl (C=O) groups is 1. The predicted octanol–water partition coefficient (Wildman–Crippen LogP) is 1.89. The van der Waals surface area contributed by atoms with Crippen molar-refractivity contribution in [3.63, 3.8) is 0 Å². The summed E-state index contributed by atoms with van der Waals surface area (Å²) in [5.41, 5.74) is -2.63. The first-order valence-corrected chi connectivity index (χ1v) is 5.21. The zero-order valence-electron chi connectivity index (χ0n) is 9.90. The van der Waals surface area contributed by atoms with Gasteiger partial charge in [0, 0.05) is 6.20 Å². The molecule has 0 saturated carbocycles. The molecular weight excluding hydrogens is 297 g/mol. The Morgan fingerprint density at radius 1 is 1.38 bits per heavy atom. The van der Waals surface area contributed by atoms with Crippen molar-refractivity contribution in [1.82, 2.24) is 14.8 Å². The predicted molar refractivity (Wildman–Crippen MR) is 60.0 cm³/mol. The van der Waals surface area contributed by atoms with Crippen LogP contribution in [0.5, 0.6) is 0 Å². The van der Waals surface area contributed by atoms with Crippen molar-refractivity contribution in [2.75, 3.05) is 0 Å². The number of halogens is 3. The maximum absolute atomic E-state index is 12.4. The Bertz CT molecular complexity index is 677. The molecule has 0 aliphatic rings. The molecule has 2 heterocycles. The van der Waals surface area contributed by atoms with Crippen LogP contribution in [0.3, 0.4) is 0 Å². The summed E-state index contributed by atoms with van der Waals surface area (Å²) in [6, 6.07) is 1.63. The SMILES string of the molecule is O=C(O)c1nn(-c2ccc(C(F)(F)F)cn2)cc1[N+](=O)[O-]. The highest BCUT2D eigenvalue weighted by Crippen LogP contribution is 2.29. The molecule has 110 valence electrons. The number of nitro groups is 1. The largest absolute Gasteiger partial charge is 0.476 e. The molecule has 11 heteroatoms. The minimum absolute atomic E-state index is 0.182. The van der Waals surface area contributed by atoms with Crippen molar-refractivity contribution in [2.45, 2.75) is 6.18 Å². The third-order valence-electron chi connectivity index (χ3n) is 2.40. The van der Waals surface area contributed by atoms with Gasteiger partial charge in [0.2, 0.25) is 5.69 Å². The lowest BCUT2D eigenvalue weighted by Crippen LogP contribution is -2.07. The molecule has 0 amide bonds. The summed E-state index contributed by atoms with van der Waals surface area (Å²) in [6.45, 7) is 0. The fraction of sp³-hybridized carbons (Fsp3) is 0.100. The molecule has 0 spiro atoms. The van der Waals surface area contributed by atoms with Gasteiger partial charge >= 0.3 is 17.8 Å². The Balaban J connectivity index is 2.45. The molecule has 0 saturated heterocycles. The van der Waals surface area contributed by atoms with Crippen molar-refractivity contribution in [1.29, 1.82) is 0 Å². The number of carboxylic acid groups (broad SMARTS) is 1. The molecule has 1 N–H and O–H groups in total. The molecule has 0 aliphatic heterocycles. The van der Waals surface area contributed by atoms with E-state index in [9.17, 15) is 28.1 Å². The summed E-state index contributed by atoms with van der Waals surface area (Å²) in [7, 11) is 0. The van der Waals surface area contributed by atoms with Crippen LogP contribution in [-0.2, 0) is 6.18 Å². The van der Waals surface area contributed by atoms with Crippen LogP contribution in [0, 0.1) is 10.1 Å². The first-order valence-electron chi connectivity index (χ1n) is 5.21. The molecule has 2 aromatic heterocycles.